The molecule has 0 aliphatic heterocycles. The van der Waals surface area contributed by atoms with E-state index in [0.717, 1.165) is 21.9 Å². The fourth-order valence-corrected chi connectivity index (χ4v) is 3.39. The molecule has 0 amide bonds. The Labute approximate surface area is 128 Å². The van der Waals surface area contributed by atoms with E-state index in [1.807, 2.05) is 12.1 Å². The van der Waals surface area contributed by atoms with Crippen LogP contribution in [0.15, 0.2) is 45.5 Å². The summed E-state index contributed by atoms with van der Waals surface area (Å²) >= 11 is 3.31. The highest BCUT2D eigenvalue weighted by molar-refractivity contribution is 9.10. The summed E-state index contributed by atoms with van der Waals surface area (Å²) in [5, 5.41) is 0. The van der Waals surface area contributed by atoms with Crippen molar-refractivity contribution in [2.45, 2.75) is 44.1 Å². The number of nitrogens with two attached hydrogens (primary N) is 1. The molecule has 3 heteroatoms. The normalized spacial score (nSPS) is 18.1. The Balaban J connectivity index is 1.75. The highest BCUT2D eigenvalue weighted by atomic mass is 79.9. The van der Waals surface area contributed by atoms with Gasteiger partial charge in [0.2, 0.25) is 0 Å². The average Bonchev–Trinajstić information content (AvgIpc) is 2.94. The molecular weight excluding hydrogens is 314 g/mol. The summed E-state index contributed by atoms with van der Waals surface area (Å²) in [4.78, 5) is 0. The van der Waals surface area contributed by atoms with Crippen molar-refractivity contribution in [2.75, 3.05) is 0 Å². The zero-order valence-corrected chi connectivity index (χ0v) is 13.1. The van der Waals surface area contributed by atoms with Crippen molar-refractivity contribution in [1.29, 1.82) is 0 Å². The minimum atomic E-state index is -0.193. The molecule has 2 nitrogen and oxygen atoms in total. The second kappa shape index (κ2) is 6.15. The maximum absolute atomic E-state index is 6.24. The summed E-state index contributed by atoms with van der Waals surface area (Å²) < 4.78 is 6.26. The smallest absolute Gasteiger partial charge is 0.169 e. The van der Waals surface area contributed by atoms with Gasteiger partial charge in [-0.05, 0) is 57.9 Å². The molecule has 0 saturated heterocycles. The summed E-state index contributed by atoms with van der Waals surface area (Å²) in [6.45, 7) is 0. The number of furan rings is 1. The van der Waals surface area contributed by atoms with Crippen molar-refractivity contribution in [1.82, 2.24) is 0 Å². The molecule has 1 saturated carbocycles. The maximum atomic E-state index is 6.24. The van der Waals surface area contributed by atoms with Gasteiger partial charge in [-0.15, -0.1) is 0 Å². The van der Waals surface area contributed by atoms with Crippen LogP contribution in [0.5, 0.6) is 0 Å². The number of halogens is 1. The van der Waals surface area contributed by atoms with Gasteiger partial charge in [-0.1, -0.05) is 43.5 Å². The van der Waals surface area contributed by atoms with Gasteiger partial charge in [0.25, 0.3) is 0 Å². The molecule has 1 aromatic heterocycles. The Morgan fingerprint density at radius 3 is 2.30 bits per heavy atom. The van der Waals surface area contributed by atoms with E-state index in [1.165, 1.54) is 37.7 Å². The van der Waals surface area contributed by atoms with E-state index in [9.17, 15) is 0 Å². The lowest BCUT2D eigenvalue weighted by Gasteiger charge is -2.22. The lowest BCUT2D eigenvalue weighted by atomic mass is 9.83. The topological polar surface area (TPSA) is 39.2 Å². The SMILES string of the molecule is NC(c1ccc(C2CCCCC2)cc1)c1ccc(Br)o1. The Bertz CT molecular complexity index is 555. The van der Waals surface area contributed by atoms with Gasteiger partial charge in [0.1, 0.15) is 5.76 Å². The van der Waals surface area contributed by atoms with E-state index in [1.54, 1.807) is 0 Å². The largest absolute Gasteiger partial charge is 0.452 e. The molecule has 0 bridgehead atoms. The van der Waals surface area contributed by atoms with Crippen LogP contribution in [0.2, 0.25) is 0 Å². The molecule has 106 valence electrons. The van der Waals surface area contributed by atoms with Gasteiger partial charge >= 0.3 is 0 Å². The monoisotopic (exact) mass is 333 g/mol. The highest BCUT2D eigenvalue weighted by Gasteiger charge is 2.17. The molecule has 1 aliphatic carbocycles. The molecule has 1 aromatic carbocycles. The van der Waals surface area contributed by atoms with Gasteiger partial charge in [0, 0.05) is 0 Å². The first-order valence-electron chi connectivity index (χ1n) is 7.35. The summed E-state index contributed by atoms with van der Waals surface area (Å²) in [6.07, 6.45) is 6.79. The molecule has 0 spiro atoms. The van der Waals surface area contributed by atoms with Crippen molar-refractivity contribution >= 4 is 15.9 Å². The van der Waals surface area contributed by atoms with Gasteiger partial charge in [-0.2, -0.15) is 0 Å². The Hall–Kier alpha value is -1.06. The van der Waals surface area contributed by atoms with Gasteiger partial charge < -0.3 is 10.2 Å². The van der Waals surface area contributed by atoms with Crippen molar-refractivity contribution < 1.29 is 4.42 Å². The lowest BCUT2D eigenvalue weighted by Crippen LogP contribution is -2.11. The van der Waals surface area contributed by atoms with Crippen molar-refractivity contribution in [2.24, 2.45) is 5.73 Å². The van der Waals surface area contributed by atoms with Crippen molar-refractivity contribution in [3.8, 4) is 0 Å². The van der Waals surface area contributed by atoms with Gasteiger partial charge in [-0.3, -0.25) is 0 Å². The number of benzene rings is 1. The second-order valence-electron chi connectivity index (χ2n) is 5.62. The van der Waals surface area contributed by atoms with Crippen LogP contribution in [0, 0.1) is 0 Å². The van der Waals surface area contributed by atoms with Crippen molar-refractivity contribution in [3.63, 3.8) is 0 Å². The lowest BCUT2D eigenvalue weighted by molar-refractivity contribution is 0.443. The Morgan fingerprint density at radius 2 is 1.70 bits per heavy atom. The second-order valence-corrected chi connectivity index (χ2v) is 6.40. The van der Waals surface area contributed by atoms with Crippen LogP contribution in [0.4, 0.5) is 0 Å². The Morgan fingerprint density at radius 1 is 1.00 bits per heavy atom. The summed E-state index contributed by atoms with van der Waals surface area (Å²) in [7, 11) is 0. The van der Waals surface area contributed by atoms with Gasteiger partial charge in [0.15, 0.2) is 4.67 Å². The van der Waals surface area contributed by atoms with Gasteiger partial charge in [-0.25, -0.2) is 0 Å². The van der Waals surface area contributed by atoms with Crippen LogP contribution >= 0.6 is 15.9 Å². The molecule has 1 unspecified atom stereocenters. The quantitative estimate of drug-likeness (QED) is 0.844. The predicted molar refractivity (Wildman–Crippen MR) is 84.7 cm³/mol. The average molecular weight is 334 g/mol. The minimum Gasteiger partial charge on any atom is -0.452 e. The highest BCUT2D eigenvalue weighted by Crippen LogP contribution is 2.33. The zero-order chi connectivity index (χ0) is 13.9. The molecule has 1 aliphatic rings. The number of rotatable bonds is 3. The van der Waals surface area contributed by atoms with E-state index >= 15 is 0 Å². The predicted octanol–water partition coefficient (Wildman–Crippen LogP) is 5.14. The third kappa shape index (κ3) is 2.99. The maximum Gasteiger partial charge on any atom is 0.169 e. The fraction of sp³-hybridized carbons (Fsp3) is 0.412. The van der Waals surface area contributed by atoms with Gasteiger partial charge in [0.05, 0.1) is 6.04 Å². The molecule has 2 aromatic rings. The van der Waals surface area contributed by atoms with Crippen LogP contribution < -0.4 is 5.73 Å². The summed E-state index contributed by atoms with van der Waals surface area (Å²) in [6, 6.07) is 12.4. The molecule has 1 fully saturated rings. The first kappa shape index (κ1) is 13.9. The molecule has 1 heterocycles. The first-order chi connectivity index (χ1) is 9.74. The van der Waals surface area contributed by atoms with E-state index in [4.69, 9.17) is 10.2 Å². The summed E-state index contributed by atoms with van der Waals surface area (Å²) in [5.41, 5.74) is 8.81. The molecule has 0 radical (unpaired) electrons. The zero-order valence-electron chi connectivity index (χ0n) is 11.5. The van der Waals surface area contributed by atoms with E-state index in [0.29, 0.717) is 0 Å². The number of hydrogen-bond acceptors (Lipinski definition) is 2. The molecular formula is C17H20BrNO. The van der Waals surface area contributed by atoms with Crippen LogP contribution in [0.3, 0.4) is 0 Å². The fourth-order valence-electron chi connectivity index (χ4n) is 3.07. The van der Waals surface area contributed by atoms with E-state index < -0.39 is 0 Å². The third-order valence-electron chi connectivity index (χ3n) is 4.27. The Kier molecular flexibility index (Phi) is 4.27. The molecule has 2 N–H and O–H groups in total. The molecule has 20 heavy (non-hydrogen) atoms. The van der Waals surface area contributed by atoms with Crippen LogP contribution in [0.1, 0.15) is 61.0 Å². The molecule has 1 atom stereocenters. The van der Waals surface area contributed by atoms with Crippen LogP contribution in [-0.2, 0) is 0 Å². The van der Waals surface area contributed by atoms with E-state index in [2.05, 4.69) is 40.2 Å². The van der Waals surface area contributed by atoms with Crippen LogP contribution in [-0.4, -0.2) is 0 Å². The van der Waals surface area contributed by atoms with Crippen molar-refractivity contribution in [3.05, 3.63) is 58.0 Å². The van der Waals surface area contributed by atoms with Crippen LogP contribution in [0.25, 0.3) is 0 Å². The number of hydrogen-bond donors (Lipinski definition) is 1. The minimum absolute atomic E-state index is 0.193. The standard InChI is InChI=1S/C17H20BrNO/c18-16-11-10-15(20-16)17(19)14-8-6-13(7-9-14)12-4-2-1-3-5-12/h6-12,17H,1-5,19H2. The third-order valence-corrected chi connectivity index (χ3v) is 4.70. The first-order valence-corrected chi connectivity index (χ1v) is 8.14. The summed E-state index contributed by atoms with van der Waals surface area (Å²) in [5.74, 6) is 1.54. The van der Waals surface area contributed by atoms with E-state index in [-0.39, 0.29) is 6.04 Å². The molecule has 3 rings (SSSR count).